The van der Waals surface area contributed by atoms with Crippen LogP contribution in [0.2, 0.25) is 0 Å². The van der Waals surface area contributed by atoms with Gasteiger partial charge in [0.1, 0.15) is 0 Å². The molecule has 0 bridgehead atoms. The van der Waals surface area contributed by atoms with Crippen LogP contribution in [-0.2, 0) is 13.1 Å². The second-order valence-electron chi connectivity index (χ2n) is 4.16. The zero-order valence-electron chi connectivity index (χ0n) is 9.77. The number of nitrogens with zero attached hydrogens (tertiary/aromatic N) is 3. The summed E-state index contributed by atoms with van der Waals surface area (Å²) in [5.41, 5.74) is 0.0534. The maximum Gasteiger partial charge on any atom is 0.331 e. The molecule has 0 aliphatic carbocycles. The van der Waals surface area contributed by atoms with Crippen molar-refractivity contribution in [3.63, 3.8) is 0 Å². The number of aromatic nitrogens is 2. The molecule has 1 aromatic heterocycles. The van der Waals surface area contributed by atoms with E-state index in [-0.39, 0.29) is 23.7 Å². The zero-order valence-corrected chi connectivity index (χ0v) is 10.6. The van der Waals surface area contributed by atoms with Crippen LogP contribution >= 0.6 is 11.8 Å². The molecule has 5 nitrogen and oxygen atoms in total. The lowest BCUT2D eigenvalue weighted by Gasteiger charge is -2.11. The van der Waals surface area contributed by atoms with E-state index in [1.807, 2.05) is 6.07 Å². The van der Waals surface area contributed by atoms with Crippen LogP contribution < -0.4 is 11.2 Å². The lowest BCUT2D eigenvalue weighted by molar-refractivity contribution is 0.492. The molecule has 0 aromatic carbocycles. The summed E-state index contributed by atoms with van der Waals surface area (Å²) in [6.07, 6.45) is 0. The Labute approximate surface area is 103 Å². The average Bonchev–Trinajstić information content (AvgIpc) is 2.80. The summed E-state index contributed by atoms with van der Waals surface area (Å²) < 4.78 is 2.81. The van der Waals surface area contributed by atoms with Gasteiger partial charge in [-0.15, -0.1) is 11.8 Å². The maximum atomic E-state index is 12.1. The highest BCUT2D eigenvalue weighted by Gasteiger charge is 2.21. The molecule has 0 saturated heterocycles. The summed E-state index contributed by atoms with van der Waals surface area (Å²) in [6, 6.07) is 2.04. The first-order valence-electron chi connectivity index (χ1n) is 5.43. The van der Waals surface area contributed by atoms with E-state index in [2.05, 4.69) is 0 Å². The molecule has 0 spiro atoms. The molecule has 0 amide bonds. The molecule has 1 aliphatic heterocycles. The van der Waals surface area contributed by atoms with Gasteiger partial charge in [-0.2, -0.15) is 5.26 Å². The summed E-state index contributed by atoms with van der Waals surface area (Å²) in [5.74, 6) is 0.486. The van der Waals surface area contributed by atoms with Gasteiger partial charge in [0.25, 0.3) is 5.56 Å². The van der Waals surface area contributed by atoms with Crippen LogP contribution in [0.4, 0.5) is 0 Å². The topological polar surface area (TPSA) is 67.8 Å². The van der Waals surface area contributed by atoms with Crippen molar-refractivity contribution in [2.45, 2.75) is 32.0 Å². The van der Waals surface area contributed by atoms with Crippen molar-refractivity contribution in [2.24, 2.45) is 5.92 Å². The fourth-order valence-electron chi connectivity index (χ4n) is 1.91. The predicted octanol–water partition coefficient (Wildman–Crippen LogP) is 0.584. The first kappa shape index (κ1) is 12.0. The quantitative estimate of drug-likeness (QED) is 0.721. The van der Waals surface area contributed by atoms with Gasteiger partial charge in [-0.25, -0.2) is 4.79 Å². The lowest BCUT2D eigenvalue weighted by Crippen LogP contribution is -2.42. The molecule has 2 heterocycles. The van der Waals surface area contributed by atoms with Gasteiger partial charge in [0, 0.05) is 24.4 Å². The van der Waals surface area contributed by atoms with Gasteiger partial charge in [0.05, 0.1) is 17.0 Å². The Hall–Kier alpha value is -1.48. The number of hydrogen-bond donors (Lipinski definition) is 0. The first-order chi connectivity index (χ1) is 8.06. The van der Waals surface area contributed by atoms with Crippen molar-refractivity contribution < 1.29 is 0 Å². The number of fused-ring (bicyclic) bond motifs is 1. The molecule has 0 N–H and O–H groups in total. The monoisotopic (exact) mass is 251 g/mol. The van der Waals surface area contributed by atoms with Gasteiger partial charge in [0.15, 0.2) is 0 Å². The van der Waals surface area contributed by atoms with E-state index in [9.17, 15) is 9.59 Å². The highest BCUT2D eigenvalue weighted by atomic mass is 32.2. The summed E-state index contributed by atoms with van der Waals surface area (Å²) >= 11 is 1.54. The summed E-state index contributed by atoms with van der Waals surface area (Å²) in [7, 11) is 0. The Bertz CT molecular complexity index is 609. The van der Waals surface area contributed by atoms with Crippen LogP contribution in [0.25, 0.3) is 0 Å². The van der Waals surface area contributed by atoms with Crippen LogP contribution in [-0.4, -0.2) is 14.9 Å². The molecule has 1 unspecified atom stereocenters. The highest BCUT2D eigenvalue weighted by Crippen LogP contribution is 2.24. The molecule has 17 heavy (non-hydrogen) atoms. The minimum atomic E-state index is -0.340. The van der Waals surface area contributed by atoms with E-state index in [0.29, 0.717) is 12.1 Å². The van der Waals surface area contributed by atoms with Crippen LogP contribution in [0.1, 0.15) is 12.5 Å². The minimum Gasteiger partial charge on any atom is -0.287 e. The fraction of sp³-hybridized carbons (Fsp3) is 0.545. The standard InChI is InChI=1S/C11H13N3O2S/c1-7(5-12)6-14-9(15)8(2)10-13(11(14)16)3-4-17-10/h7H,3-4,6H2,1-2H3. The van der Waals surface area contributed by atoms with E-state index < -0.39 is 0 Å². The predicted molar refractivity (Wildman–Crippen MR) is 65.2 cm³/mol. The van der Waals surface area contributed by atoms with Crippen molar-refractivity contribution in [3.8, 4) is 6.07 Å². The molecule has 6 heteroatoms. The molecule has 0 fully saturated rings. The Morgan fingerprint density at radius 3 is 2.88 bits per heavy atom. The van der Waals surface area contributed by atoms with Gasteiger partial charge in [0.2, 0.25) is 0 Å². The number of hydrogen-bond acceptors (Lipinski definition) is 4. The molecule has 90 valence electrons. The summed E-state index contributed by atoms with van der Waals surface area (Å²) in [5, 5.41) is 9.54. The molecule has 1 atom stereocenters. The van der Waals surface area contributed by atoms with E-state index >= 15 is 0 Å². The smallest absolute Gasteiger partial charge is 0.287 e. The Morgan fingerprint density at radius 2 is 2.24 bits per heavy atom. The molecular formula is C11H13N3O2S. The average molecular weight is 251 g/mol. The normalized spacial score (nSPS) is 15.4. The molecule has 0 radical (unpaired) electrons. The second-order valence-corrected chi connectivity index (χ2v) is 5.24. The Morgan fingerprint density at radius 1 is 1.53 bits per heavy atom. The Kier molecular flexibility index (Phi) is 3.11. The van der Waals surface area contributed by atoms with Gasteiger partial charge < -0.3 is 0 Å². The molecular weight excluding hydrogens is 238 g/mol. The van der Waals surface area contributed by atoms with Gasteiger partial charge in [-0.3, -0.25) is 13.9 Å². The van der Waals surface area contributed by atoms with Gasteiger partial charge in [-0.1, -0.05) is 0 Å². The van der Waals surface area contributed by atoms with Crippen molar-refractivity contribution in [3.05, 3.63) is 26.4 Å². The van der Waals surface area contributed by atoms with Crippen LogP contribution in [0.5, 0.6) is 0 Å². The summed E-state index contributed by atoms with van der Waals surface area (Å²) in [6.45, 7) is 4.24. The Balaban J connectivity index is 2.62. The van der Waals surface area contributed by atoms with Gasteiger partial charge >= 0.3 is 5.69 Å². The van der Waals surface area contributed by atoms with E-state index in [0.717, 1.165) is 10.8 Å². The van der Waals surface area contributed by atoms with Crippen LogP contribution in [0, 0.1) is 24.2 Å². The largest absolute Gasteiger partial charge is 0.331 e. The van der Waals surface area contributed by atoms with E-state index in [1.54, 1.807) is 30.2 Å². The molecule has 1 aliphatic rings. The fourth-order valence-corrected chi connectivity index (χ4v) is 3.00. The minimum absolute atomic E-state index is 0.167. The first-order valence-corrected chi connectivity index (χ1v) is 6.41. The summed E-state index contributed by atoms with van der Waals surface area (Å²) in [4.78, 5) is 24.1. The van der Waals surface area contributed by atoms with Crippen molar-refractivity contribution >= 4 is 11.8 Å². The van der Waals surface area contributed by atoms with E-state index in [4.69, 9.17) is 5.26 Å². The van der Waals surface area contributed by atoms with Crippen molar-refractivity contribution in [1.82, 2.24) is 9.13 Å². The number of rotatable bonds is 2. The molecule has 0 saturated carbocycles. The molecule has 1 aromatic rings. The van der Waals surface area contributed by atoms with Crippen LogP contribution in [0.15, 0.2) is 14.6 Å². The lowest BCUT2D eigenvalue weighted by atomic mass is 10.2. The second kappa shape index (κ2) is 4.41. The van der Waals surface area contributed by atoms with E-state index in [1.165, 1.54) is 4.57 Å². The maximum absolute atomic E-state index is 12.1. The number of thioether (sulfide) groups is 1. The zero-order chi connectivity index (χ0) is 12.6. The molecule has 2 rings (SSSR count). The van der Waals surface area contributed by atoms with Crippen LogP contribution in [0.3, 0.4) is 0 Å². The third kappa shape index (κ3) is 1.91. The SMILES string of the molecule is Cc1c2n(c(=O)n(CC(C)C#N)c1=O)CCS2. The van der Waals surface area contributed by atoms with Crippen molar-refractivity contribution in [1.29, 1.82) is 5.26 Å². The van der Waals surface area contributed by atoms with Crippen molar-refractivity contribution in [2.75, 3.05) is 5.75 Å². The number of nitriles is 1. The highest BCUT2D eigenvalue weighted by molar-refractivity contribution is 7.99. The third-order valence-electron chi connectivity index (χ3n) is 2.82. The van der Waals surface area contributed by atoms with Gasteiger partial charge in [-0.05, 0) is 13.8 Å². The third-order valence-corrected chi connectivity index (χ3v) is 4.01.